The van der Waals surface area contributed by atoms with Crippen molar-refractivity contribution >= 4 is 22.5 Å². The largest absolute Gasteiger partial charge is 0.392 e. The SMILES string of the molecule is CC.CC.CN/C(C)=C\C=C(/C)Nc1ccc2ncn(-c3ccc(C(=O)C(C)(F)F)c(-n4nc(C#N)cc4C)n3)c2c1.F.[HH]. The fourth-order valence-corrected chi connectivity index (χ4v) is 3.76. The first-order valence-electron chi connectivity index (χ1n) is 13.7. The molecule has 43 heavy (non-hydrogen) atoms. The van der Waals surface area contributed by atoms with Crippen molar-refractivity contribution in [2.24, 2.45) is 0 Å². The van der Waals surface area contributed by atoms with Crippen LogP contribution in [-0.4, -0.2) is 43.1 Å². The number of carbonyl (C=O) groups excluding carboxylic acids is 1. The monoisotopic (exact) mass is 598 g/mol. The van der Waals surface area contributed by atoms with Crippen LogP contribution < -0.4 is 10.6 Å². The van der Waals surface area contributed by atoms with E-state index in [-0.39, 0.29) is 23.2 Å². The average Bonchev–Trinajstić information content (AvgIpc) is 3.59. The molecule has 0 aliphatic rings. The Bertz CT molecular complexity index is 1650. The lowest BCUT2D eigenvalue weighted by Crippen LogP contribution is -2.26. The van der Waals surface area contributed by atoms with Gasteiger partial charge in [0.1, 0.15) is 18.2 Å². The number of nitrogens with one attached hydrogen (secondary N) is 2. The molecule has 0 saturated carbocycles. The summed E-state index contributed by atoms with van der Waals surface area (Å²) >= 11 is 0. The summed E-state index contributed by atoms with van der Waals surface area (Å²) in [6.07, 6.45) is 5.46. The third-order valence-corrected chi connectivity index (χ3v) is 5.82. The zero-order valence-corrected chi connectivity index (χ0v) is 26.0. The summed E-state index contributed by atoms with van der Waals surface area (Å²) in [5, 5.41) is 19.8. The predicted octanol–water partition coefficient (Wildman–Crippen LogP) is 7.51. The summed E-state index contributed by atoms with van der Waals surface area (Å²) < 4.78 is 31.0. The minimum Gasteiger partial charge on any atom is -0.392 e. The van der Waals surface area contributed by atoms with Crippen molar-refractivity contribution in [3.63, 3.8) is 0 Å². The van der Waals surface area contributed by atoms with Crippen molar-refractivity contribution in [2.75, 3.05) is 12.4 Å². The maximum Gasteiger partial charge on any atom is 0.307 e. The minimum atomic E-state index is -3.62. The number of benzene rings is 1. The molecule has 0 aliphatic heterocycles. The Morgan fingerprint density at radius 1 is 1.07 bits per heavy atom. The van der Waals surface area contributed by atoms with Gasteiger partial charge in [0.2, 0.25) is 5.78 Å². The van der Waals surface area contributed by atoms with Crippen LogP contribution in [0.1, 0.15) is 71.6 Å². The van der Waals surface area contributed by atoms with Crippen LogP contribution in [0.5, 0.6) is 0 Å². The maximum absolute atomic E-state index is 14.0. The van der Waals surface area contributed by atoms with Gasteiger partial charge in [0.05, 0.1) is 16.6 Å². The Balaban J connectivity index is 0.00000296. The fourth-order valence-electron chi connectivity index (χ4n) is 3.76. The molecule has 12 heteroatoms. The molecule has 0 aliphatic carbocycles. The zero-order chi connectivity index (χ0) is 31.6. The quantitative estimate of drug-likeness (QED) is 0.159. The van der Waals surface area contributed by atoms with E-state index in [0.29, 0.717) is 29.5 Å². The van der Waals surface area contributed by atoms with Crippen LogP contribution in [0.2, 0.25) is 0 Å². The van der Waals surface area contributed by atoms with Crippen molar-refractivity contribution in [2.45, 2.75) is 61.3 Å². The second-order valence-corrected chi connectivity index (χ2v) is 8.85. The van der Waals surface area contributed by atoms with Gasteiger partial charge in [-0.25, -0.2) is 14.6 Å². The number of imidazole rings is 1. The van der Waals surface area contributed by atoms with Gasteiger partial charge >= 0.3 is 5.92 Å². The molecule has 0 amide bonds. The molecule has 0 atom stereocenters. The third-order valence-electron chi connectivity index (χ3n) is 5.82. The number of rotatable bonds is 8. The van der Waals surface area contributed by atoms with E-state index in [9.17, 15) is 18.8 Å². The Kier molecular flexibility index (Phi) is 13.4. The van der Waals surface area contributed by atoms with Gasteiger partial charge in [0.15, 0.2) is 11.5 Å². The molecule has 3 heterocycles. The van der Waals surface area contributed by atoms with Crippen LogP contribution >= 0.6 is 0 Å². The number of ketones is 1. The molecule has 3 aromatic heterocycles. The predicted molar refractivity (Wildman–Crippen MR) is 168 cm³/mol. The molecular weight excluding hydrogens is 557 g/mol. The number of hydrogen-bond acceptors (Lipinski definition) is 7. The molecule has 2 N–H and O–H groups in total. The normalized spacial score (nSPS) is 11.3. The number of Topliss-reactive ketones (excluding diaryl/α,β-unsaturated/α-hetero) is 1. The smallest absolute Gasteiger partial charge is 0.307 e. The van der Waals surface area contributed by atoms with E-state index in [4.69, 9.17) is 0 Å². The van der Waals surface area contributed by atoms with Crippen molar-refractivity contribution in [1.82, 2.24) is 29.6 Å². The fraction of sp³-hybridized carbons (Fsp3) is 0.323. The van der Waals surface area contributed by atoms with Gasteiger partial charge in [-0.3, -0.25) is 14.1 Å². The first kappa shape index (κ1) is 36.1. The van der Waals surface area contributed by atoms with Gasteiger partial charge in [-0.15, -0.1) is 0 Å². The van der Waals surface area contributed by atoms with Crippen LogP contribution in [0.3, 0.4) is 0 Å². The van der Waals surface area contributed by atoms with E-state index in [1.54, 1.807) is 17.8 Å². The summed E-state index contributed by atoms with van der Waals surface area (Å²) in [6, 6.07) is 11.8. The molecule has 4 aromatic rings. The third kappa shape index (κ3) is 8.54. The summed E-state index contributed by atoms with van der Waals surface area (Å²) in [5.74, 6) is -4.78. The highest BCUT2D eigenvalue weighted by Crippen LogP contribution is 2.27. The number of fused-ring (bicyclic) bond motifs is 1. The van der Waals surface area contributed by atoms with Crippen LogP contribution in [0.4, 0.5) is 19.2 Å². The number of alkyl halides is 2. The Hall–Kier alpha value is -4.92. The second kappa shape index (κ2) is 15.9. The van der Waals surface area contributed by atoms with Crippen LogP contribution in [0, 0.1) is 18.3 Å². The highest BCUT2D eigenvalue weighted by Gasteiger charge is 2.36. The van der Waals surface area contributed by atoms with E-state index in [2.05, 4.69) is 25.7 Å². The van der Waals surface area contributed by atoms with E-state index in [1.165, 1.54) is 22.9 Å². The molecule has 232 valence electrons. The molecule has 4 rings (SSSR count). The van der Waals surface area contributed by atoms with Crippen LogP contribution in [0.25, 0.3) is 22.7 Å². The lowest BCUT2D eigenvalue weighted by molar-refractivity contribution is 0.0221. The van der Waals surface area contributed by atoms with Gasteiger partial charge < -0.3 is 10.6 Å². The topological polar surface area (TPSA) is 113 Å². The first-order valence-corrected chi connectivity index (χ1v) is 13.7. The van der Waals surface area contributed by atoms with Crippen LogP contribution in [0.15, 0.2) is 66.3 Å². The summed E-state index contributed by atoms with van der Waals surface area (Å²) in [6.45, 7) is 14.1. The number of allylic oxidation sites excluding steroid dienone is 4. The van der Waals surface area contributed by atoms with Crippen molar-refractivity contribution in [1.29, 1.82) is 5.26 Å². The molecule has 0 bridgehead atoms. The number of anilines is 1. The van der Waals surface area contributed by atoms with E-state index in [1.807, 2.05) is 85.0 Å². The molecule has 9 nitrogen and oxygen atoms in total. The lowest BCUT2D eigenvalue weighted by atomic mass is 10.1. The highest BCUT2D eigenvalue weighted by atomic mass is 19.3. The number of aryl methyl sites for hydroxylation is 1. The minimum absolute atomic E-state index is 0. The van der Waals surface area contributed by atoms with Crippen molar-refractivity contribution in [3.05, 3.63) is 83.2 Å². The lowest BCUT2D eigenvalue weighted by Gasteiger charge is -2.15. The van der Waals surface area contributed by atoms with Gasteiger partial charge in [0, 0.05) is 38.2 Å². The van der Waals surface area contributed by atoms with Crippen molar-refractivity contribution in [3.8, 4) is 17.7 Å². The van der Waals surface area contributed by atoms with E-state index in [0.717, 1.165) is 17.1 Å². The van der Waals surface area contributed by atoms with Gasteiger partial charge in [-0.2, -0.15) is 19.1 Å². The Labute approximate surface area is 251 Å². The standard InChI is InChI=1S/C27H26F2N8O.2C2H6.FH.H2/c1-16(31-5)6-7-17(2)33-19-8-10-22-23(13-19)36(15-32-22)24-11-9-21(25(38)27(4,28)29)26(34-24)37-18(3)12-20(14-30)35-37;2*1-2;;/h6-13,15,31,33H,1-5H3;2*1-2H3;2*1H/b16-6-,17-7+;;;;. The molecule has 0 fully saturated rings. The van der Waals surface area contributed by atoms with Crippen LogP contribution in [-0.2, 0) is 0 Å². The number of nitriles is 1. The molecule has 1 aromatic carbocycles. The second-order valence-electron chi connectivity index (χ2n) is 8.85. The highest BCUT2D eigenvalue weighted by molar-refractivity contribution is 6.03. The van der Waals surface area contributed by atoms with E-state index >= 15 is 0 Å². The average molecular weight is 599 g/mol. The summed E-state index contributed by atoms with van der Waals surface area (Å²) in [7, 11) is 1.85. The number of hydrogen-bond donors (Lipinski definition) is 2. The first-order chi connectivity index (χ1) is 20.0. The number of halogens is 3. The van der Waals surface area contributed by atoms with Crippen molar-refractivity contribution < 1.29 is 19.7 Å². The summed E-state index contributed by atoms with van der Waals surface area (Å²) in [4.78, 5) is 21.6. The van der Waals surface area contributed by atoms with Gasteiger partial charge in [-0.1, -0.05) is 27.7 Å². The number of aromatic nitrogens is 5. The molecule has 0 saturated heterocycles. The molecular formula is C31H41F3N8O. The number of pyridine rings is 1. The zero-order valence-electron chi connectivity index (χ0n) is 26.0. The molecule has 0 spiro atoms. The Morgan fingerprint density at radius 3 is 2.30 bits per heavy atom. The van der Waals surface area contributed by atoms with E-state index < -0.39 is 11.7 Å². The Morgan fingerprint density at radius 2 is 1.72 bits per heavy atom. The van der Waals surface area contributed by atoms with Gasteiger partial charge in [0.25, 0.3) is 0 Å². The molecule has 0 radical (unpaired) electrons. The number of carbonyl (C=O) groups is 1. The summed E-state index contributed by atoms with van der Waals surface area (Å²) in [5.41, 5.74) is 4.36. The maximum atomic E-state index is 14.0. The number of nitrogens with zero attached hydrogens (tertiary/aromatic N) is 6. The molecule has 0 unspecified atom stereocenters. The van der Waals surface area contributed by atoms with Gasteiger partial charge in [-0.05, 0) is 69.3 Å².